The number of amides is 1. The van der Waals surface area contributed by atoms with Crippen LogP contribution >= 0.6 is 0 Å². The summed E-state index contributed by atoms with van der Waals surface area (Å²) in [5, 5.41) is 0.947. The number of hydrogen-bond acceptors (Lipinski definition) is 2. The van der Waals surface area contributed by atoms with Crippen molar-refractivity contribution in [2.24, 2.45) is 0 Å². The standard InChI is InChI=1S/C17H20N2O/c1-19(13-7-3-2-4-8-13)17(20)15-9-5-11-16-14(15)10-6-12-18-16/h5-6,9-13H,2-4,7-8H2,1H3. The Balaban J connectivity index is 1.92. The first-order valence-corrected chi connectivity index (χ1v) is 7.38. The van der Waals surface area contributed by atoms with Crippen molar-refractivity contribution in [2.75, 3.05) is 7.05 Å². The largest absolute Gasteiger partial charge is 0.339 e. The molecule has 3 nitrogen and oxygen atoms in total. The van der Waals surface area contributed by atoms with E-state index in [0.29, 0.717) is 6.04 Å². The highest BCUT2D eigenvalue weighted by Gasteiger charge is 2.23. The zero-order chi connectivity index (χ0) is 13.9. The molecule has 0 spiro atoms. The Morgan fingerprint density at radius 3 is 2.75 bits per heavy atom. The molecule has 0 radical (unpaired) electrons. The van der Waals surface area contributed by atoms with Crippen LogP contribution < -0.4 is 0 Å². The number of hydrogen-bond donors (Lipinski definition) is 0. The van der Waals surface area contributed by atoms with Gasteiger partial charge in [-0.15, -0.1) is 0 Å². The van der Waals surface area contributed by atoms with Gasteiger partial charge in [-0.1, -0.05) is 31.4 Å². The highest BCUT2D eigenvalue weighted by atomic mass is 16.2. The topological polar surface area (TPSA) is 33.2 Å². The number of nitrogens with zero attached hydrogens (tertiary/aromatic N) is 2. The van der Waals surface area contributed by atoms with Gasteiger partial charge in [-0.25, -0.2) is 0 Å². The molecule has 1 saturated carbocycles. The lowest BCUT2D eigenvalue weighted by Crippen LogP contribution is -2.38. The van der Waals surface area contributed by atoms with E-state index >= 15 is 0 Å². The molecule has 2 aromatic rings. The van der Waals surface area contributed by atoms with Crippen LogP contribution in [0.3, 0.4) is 0 Å². The Morgan fingerprint density at radius 2 is 1.95 bits per heavy atom. The molecule has 0 saturated heterocycles. The van der Waals surface area contributed by atoms with Gasteiger partial charge in [0.1, 0.15) is 0 Å². The number of fused-ring (bicyclic) bond motifs is 1. The van der Waals surface area contributed by atoms with Gasteiger partial charge in [0.25, 0.3) is 5.91 Å². The van der Waals surface area contributed by atoms with Gasteiger partial charge in [0.15, 0.2) is 0 Å². The minimum atomic E-state index is 0.121. The summed E-state index contributed by atoms with van der Waals surface area (Å²) < 4.78 is 0. The highest BCUT2D eigenvalue weighted by Crippen LogP contribution is 2.24. The number of rotatable bonds is 2. The summed E-state index contributed by atoms with van der Waals surface area (Å²) in [6.07, 6.45) is 7.80. The number of carbonyl (C=O) groups is 1. The van der Waals surface area contributed by atoms with Crippen molar-refractivity contribution in [3.8, 4) is 0 Å². The van der Waals surface area contributed by atoms with E-state index in [4.69, 9.17) is 0 Å². The summed E-state index contributed by atoms with van der Waals surface area (Å²) in [6.45, 7) is 0. The molecule has 0 bridgehead atoms. The third kappa shape index (κ3) is 2.40. The molecule has 1 aromatic heterocycles. The summed E-state index contributed by atoms with van der Waals surface area (Å²) in [7, 11) is 1.94. The molecule has 104 valence electrons. The number of pyridine rings is 1. The predicted octanol–water partition coefficient (Wildman–Crippen LogP) is 3.64. The maximum Gasteiger partial charge on any atom is 0.254 e. The molecule has 0 unspecified atom stereocenters. The second kappa shape index (κ2) is 5.61. The molecule has 1 amide bonds. The fraction of sp³-hybridized carbons (Fsp3) is 0.412. The molecular weight excluding hydrogens is 248 g/mol. The number of carbonyl (C=O) groups excluding carboxylic acids is 1. The van der Waals surface area contributed by atoms with Crippen molar-refractivity contribution < 1.29 is 4.79 Å². The van der Waals surface area contributed by atoms with Crippen molar-refractivity contribution in [1.29, 1.82) is 0 Å². The van der Waals surface area contributed by atoms with Crippen LogP contribution in [-0.4, -0.2) is 28.9 Å². The molecule has 0 atom stereocenters. The Kier molecular flexibility index (Phi) is 3.68. The van der Waals surface area contributed by atoms with Crippen LogP contribution in [0, 0.1) is 0 Å². The van der Waals surface area contributed by atoms with Gasteiger partial charge in [0.05, 0.1) is 5.52 Å². The predicted molar refractivity (Wildman–Crippen MR) is 80.7 cm³/mol. The molecular formula is C17H20N2O. The molecule has 1 fully saturated rings. The molecule has 3 heteroatoms. The van der Waals surface area contributed by atoms with Crippen LogP contribution in [0.1, 0.15) is 42.5 Å². The Labute approximate surface area is 119 Å². The van der Waals surface area contributed by atoms with Gasteiger partial charge in [0.2, 0.25) is 0 Å². The molecule has 3 rings (SSSR count). The third-order valence-corrected chi connectivity index (χ3v) is 4.32. The minimum absolute atomic E-state index is 0.121. The van der Waals surface area contributed by atoms with Gasteiger partial charge in [-0.3, -0.25) is 9.78 Å². The maximum absolute atomic E-state index is 12.8. The lowest BCUT2D eigenvalue weighted by atomic mass is 9.94. The zero-order valence-electron chi connectivity index (χ0n) is 11.9. The summed E-state index contributed by atoms with van der Waals surface area (Å²) in [6, 6.07) is 10.0. The minimum Gasteiger partial charge on any atom is -0.339 e. The molecule has 1 aliphatic carbocycles. The maximum atomic E-state index is 12.8. The van der Waals surface area contributed by atoms with Crippen molar-refractivity contribution in [2.45, 2.75) is 38.1 Å². The first-order valence-electron chi connectivity index (χ1n) is 7.38. The fourth-order valence-corrected chi connectivity index (χ4v) is 3.11. The Bertz CT molecular complexity index is 612. The van der Waals surface area contributed by atoms with Gasteiger partial charge in [-0.05, 0) is 31.0 Å². The number of aromatic nitrogens is 1. The molecule has 1 aliphatic rings. The Morgan fingerprint density at radius 1 is 1.15 bits per heavy atom. The van der Waals surface area contributed by atoms with Gasteiger partial charge in [-0.2, -0.15) is 0 Å². The first kappa shape index (κ1) is 13.1. The van der Waals surface area contributed by atoms with E-state index in [-0.39, 0.29) is 5.91 Å². The SMILES string of the molecule is CN(C(=O)c1cccc2ncccc12)C1CCCCC1. The smallest absolute Gasteiger partial charge is 0.254 e. The third-order valence-electron chi connectivity index (χ3n) is 4.32. The van der Waals surface area contributed by atoms with Crippen LogP contribution in [0.5, 0.6) is 0 Å². The summed E-state index contributed by atoms with van der Waals surface area (Å²) >= 11 is 0. The van der Waals surface area contributed by atoms with E-state index in [1.807, 2.05) is 42.3 Å². The van der Waals surface area contributed by atoms with Crippen LogP contribution in [0.25, 0.3) is 10.9 Å². The van der Waals surface area contributed by atoms with E-state index < -0.39 is 0 Å². The molecule has 0 N–H and O–H groups in total. The molecule has 1 aromatic carbocycles. The second-order valence-corrected chi connectivity index (χ2v) is 5.58. The molecule has 0 aliphatic heterocycles. The van der Waals surface area contributed by atoms with E-state index in [1.165, 1.54) is 19.3 Å². The van der Waals surface area contributed by atoms with Gasteiger partial charge >= 0.3 is 0 Å². The second-order valence-electron chi connectivity index (χ2n) is 5.58. The lowest BCUT2D eigenvalue weighted by Gasteiger charge is -2.31. The van der Waals surface area contributed by atoms with E-state index in [9.17, 15) is 4.79 Å². The average Bonchev–Trinajstić information content (AvgIpc) is 2.54. The van der Waals surface area contributed by atoms with Crippen LogP contribution in [0.4, 0.5) is 0 Å². The van der Waals surface area contributed by atoms with Crippen LogP contribution in [0.2, 0.25) is 0 Å². The van der Waals surface area contributed by atoms with Crippen LogP contribution in [0.15, 0.2) is 36.5 Å². The summed E-state index contributed by atoms with van der Waals surface area (Å²) in [4.78, 5) is 19.0. The number of benzene rings is 1. The quantitative estimate of drug-likeness (QED) is 0.833. The van der Waals surface area contributed by atoms with Gasteiger partial charge in [0, 0.05) is 30.2 Å². The van der Waals surface area contributed by atoms with Crippen molar-refractivity contribution >= 4 is 16.8 Å². The normalized spacial score (nSPS) is 16.2. The molecule has 1 heterocycles. The van der Waals surface area contributed by atoms with Crippen molar-refractivity contribution in [1.82, 2.24) is 9.88 Å². The van der Waals surface area contributed by atoms with Crippen LogP contribution in [-0.2, 0) is 0 Å². The average molecular weight is 268 g/mol. The van der Waals surface area contributed by atoms with Crippen molar-refractivity contribution in [3.63, 3.8) is 0 Å². The Hall–Kier alpha value is -1.90. The van der Waals surface area contributed by atoms with E-state index in [1.54, 1.807) is 6.20 Å². The summed E-state index contributed by atoms with van der Waals surface area (Å²) in [5.41, 5.74) is 1.65. The first-order chi connectivity index (χ1) is 9.77. The lowest BCUT2D eigenvalue weighted by molar-refractivity contribution is 0.0698. The van der Waals surface area contributed by atoms with Gasteiger partial charge < -0.3 is 4.90 Å². The van der Waals surface area contributed by atoms with E-state index in [2.05, 4.69) is 4.98 Å². The molecule has 20 heavy (non-hydrogen) atoms. The zero-order valence-corrected chi connectivity index (χ0v) is 11.9. The van der Waals surface area contributed by atoms with Crippen molar-refractivity contribution in [3.05, 3.63) is 42.1 Å². The highest BCUT2D eigenvalue weighted by molar-refractivity contribution is 6.06. The van der Waals surface area contributed by atoms with E-state index in [0.717, 1.165) is 29.3 Å². The monoisotopic (exact) mass is 268 g/mol. The summed E-state index contributed by atoms with van der Waals surface area (Å²) in [5.74, 6) is 0.121. The fourth-order valence-electron chi connectivity index (χ4n) is 3.11.